The number of hydrogen-bond donors (Lipinski definition) is 3. The molecule has 0 unspecified atom stereocenters. The first-order valence-corrected chi connectivity index (χ1v) is 8.57. The highest BCUT2D eigenvalue weighted by molar-refractivity contribution is 6.33. The monoisotopic (exact) mass is 367 g/mol. The second kappa shape index (κ2) is 8.71. The van der Waals surface area contributed by atoms with E-state index in [0.29, 0.717) is 10.9 Å². The molecule has 1 saturated carbocycles. The summed E-state index contributed by atoms with van der Waals surface area (Å²) in [5.41, 5.74) is 6.02. The van der Waals surface area contributed by atoms with Crippen molar-refractivity contribution >= 4 is 35.2 Å². The minimum absolute atomic E-state index is 0.0566. The number of urea groups is 1. The van der Waals surface area contributed by atoms with Crippen LogP contribution >= 0.6 is 11.6 Å². The largest absolute Gasteiger partial charge is 0.452 e. The van der Waals surface area contributed by atoms with Gasteiger partial charge in [-0.05, 0) is 37.0 Å². The number of rotatable bonds is 4. The number of carbonyl (C=O) groups excluding carboxylic acids is 3. The lowest BCUT2D eigenvalue weighted by Crippen LogP contribution is -2.48. The molecule has 1 fully saturated rings. The number of nitrogens with two attached hydrogens (primary N) is 1. The number of benzene rings is 1. The predicted octanol–water partition coefficient (Wildman–Crippen LogP) is 2.48. The first kappa shape index (κ1) is 19.1. The molecule has 8 heteroatoms. The zero-order valence-electron chi connectivity index (χ0n) is 14.0. The van der Waals surface area contributed by atoms with Crippen LogP contribution in [0.1, 0.15) is 43.0 Å². The Hall–Kier alpha value is -2.28. The second-order valence-electron chi connectivity index (χ2n) is 6.20. The number of imide groups is 1. The van der Waals surface area contributed by atoms with E-state index in [-0.39, 0.29) is 17.3 Å². The van der Waals surface area contributed by atoms with Crippen LogP contribution < -0.4 is 16.4 Å². The number of carbonyl (C=O) groups is 3. The predicted molar refractivity (Wildman–Crippen MR) is 94.2 cm³/mol. The van der Waals surface area contributed by atoms with Gasteiger partial charge in [-0.15, -0.1) is 0 Å². The van der Waals surface area contributed by atoms with Crippen LogP contribution in [0.4, 0.5) is 10.5 Å². The van der Waals surface area contributed by atoms with E-state index >= 15 is 0 Å². The van der Waals surface area contributed by atoms with Gasteiger partial charge < -0.3 is 15.8 Å². The Kier molecular flexibility index (Phi) is 6.64. The van der Waals surface area contributed by atoms with E-state index in [2.05, 4.69) is 17.6 Å². The van der Waals surface area contributed by atoms with E-state index in [4.69, 9.17) is 22.1 Å². The van der Waals surface area contributed by atoms with Gasteiger partial charge in [0, 0.05) is 6.04 Å². The maximum absolute atomic E-state index is 11.9. The summed E-state index contributed by atoms with van der Waals surface area (Å²) in [6.45, 7) is 1.51. The van der Waals surface area contributed by atoms with Crippen molar-refractivity contribution in [3.8, 4) is 0 Å². The number of halogens is 1. The summed E-state index contributed by atoms with van der Waals surface area (Å²) < 4.78 is 4.87. The Morgan fingerprint density at radius 1 is 1.28 bits per heavy atom. The van der Waals surface area contributed by atoms with Crippen molar-refractivity contribution < 1.29 is 19.1 Å². The molecule has 25 heavy (non-hydrogen) atoms. The first-order chi connectivity index (χ1) is 11.9. The average molecular weight is 368 g/mol. The standard InChI is InChI=1S/C17H22ClN3O4/c1-10-4-2-3-5-14(10)20-17(24)21-15(22)9-25-16(23)11-6-7-12(18)13(19)8-11/h6-8,10,14H,2-5,9,19H2,1H3,(H2,20,21,22,24)/t10-,14-/m0/s1. The number of nitrogen functional groups attached to an aromatic ring is 1. The van der Waals surface area contributed by atoms with Gasteiger partial charge in [-0.3, -0.25) is 10.1 Å². The molecule has 4 N–H and O–H groups in total. The normalized spacial score (nSPS) is 19.8. The lowest BCUT2D eigenvalue weighted by molar-refractivity contribution is -0.123. The molecule has 0 bridgehead atoms. The third-order valence-electron chi connectivity index (χ3n) is 4.25. The summed E-state index contributed by atoms with van der Waals surface area (Å²) in [5.74, 6) is -1.04. The van der Waals surface area contributed by atoms with Crippen LogP contribution in [0.3, 0.4) is 0 Å². The molecule has 1 aromatic carbocycles. The summed E-state index contributed by atoms with van der Waals surface area (Å²) in [5, 5.41) is 5.28. The Morgan fingerprint density at radius 3 is 2.68 bits per heavy atom. The van der Waals surface area contributed by atoms with Gasteiger partial charge in [-0.2, -0.15) is 0 Å². The third-order valence-corrected chi connectivity index (χ3v) is 4.59. The SMILES string of the molecule is C[C@H]1CCCC[C@@H]1NC(=O)NC(=O)COC(=O)c1ccc(Cl)c(N)c1. The molecule has 0 radical (unpaired) electrons. The van der Waals surface area contributed by atoms with E-state index in [0.717, 1.165) is 25.7 Å². The Balaban J connectivity index is 1.76. The second-order valence-corrected chi connectivity index (χ2v) is 6.61. The summed E-state index contributed by atoms with van der Waals surface area (Å²) in [6.07, 6.45) is 4.17. The van der Waals surface area contributed by atoms with Crippen molar-refractivity contribution in [3.63, 3.8) is 0 Å². The highest BCUT2D eigenvalue weighted by Crippen LogP contribution is 2.23. The van der Waals surface area contributed by atoms with Crippen molar-refractivity contribution in [3.05, 3.63) is 28.8 Å². The van der Waals surface area contributed by atoms with Crippen molar-refractivity contribution in [2.75, 3.05) is 12.3 Å². The maximum Gasteiger partial charge on any atom is 0.338 e. The number of nitrogens with one attached hydrogen (secondary N) is 2. The van der Waals surface area contributed by atoms with Gasteiger partial charge in [0.2, 0.25) is 0 Å². The maximum atomic E-state index is 11.9. The van der Waals surface area contributed by atoms with E-state index in [9.17, 15) is 14.4 Å². The molecule has 0 heterocycles. The molecule has 2 atom stereocenters. The molecule has 136 valence electrons. The summed E-state index contributed by atoms with van der Waals surface area (Å²) in [6, 6.07) is 3.75. The summed E-state index contributed by atoms with van der Waals surface area (Å²) in [4.78, 5) is 35.4. The van der Waals surface area contributed by atoms with E-state index in [1.165, 1.54) is 18.2 Å². The quantitative estimate of drug-likeness (QED) is 0.559. The van der Waals surface area contributed by atoms with Gasteiger partial charge in [0.05, 0.1) is 16.3 Å². The van der Waals surface area contributed by atoms with Gasteiger partial charge in [0.25, 0.3) is 5.91 Å². The van der Waals surface area contributed by atoms with Crippen LogP contribution in [0.5, 0.6) is 0 Å². The van der Waals surface area contributed by atoms with Gasteiger partial charge >= 0.3 is 12.0 Å². The molecule has 0 aromatic heterocycles. The zero-order valence-corrected chi connectivity index (χ0v) is 14.8. The molecule has 1 aliphatic rings. The van der Waals surface area contributed by atoms with Gasteiger partial charge in [-0.1, -0.05) is 31.4 Å². The van der Waals surface area contributed by atoms with Gasteiger partial charge in [0.1, 0.15) is 0 Å². The zero-order chi connectivity index (χ0) is 18.4. The fraction of sp³-hybridized carbons (Fsp3) is 0.471. The van der Waals surface area contributed by atoms with Crippen LogP contribution in [0.2, 0.25) is 5.02 Å². The van der Waals surface area contributed by atoms with Crippen molar-refractivity contribution in [2.45, 2.75) is 38.6 Å². The number of hydrogen-bond acceptors (Lipinski definition) is 5. The fourth-order valence-electron chi connectivity index (χ4n) is 2.78. The minimum atomic E-state index is -0.722. The number of ether oxygens (including phenoxy) is 1. The molecular weight excluding hydrogens is 346 g/mol. The molecule has 7 nitrogen and oxygen atoms in total. The van der Waals surface area contributed by atoms with E-state index < -0.39 is 24.5 Å². The van der Waals surface area contributed by atoms with Gasteiger partial charge in [-0.25, -0.2) is 9.59 Å². The van der Waals surface area contributed by atoms with E-state index in [1.54, 1.807) is 0 Å². The number of esters is 1. The summed E-state index contributed by atoms with van der Waals surface area (Å²) in [7, 11) is 0. The lowest BCUT2D eigenvalue weighted by Gasteiger charge is -2.29. The highest BCUT2D eigenvalue weighted by Gasteiger charge is 2.23. The smallest absolute Gasteiger partial charge is 0.338 e. The van der Waals surface area contributed by atoms with Crippen LogP contribution in [0.15, 0.2) is 18.2 Å². The molecule has 3 amide bonds. The molecule has 2 rings (SSSR count). The Labute approximate surface area is 151 Å². The molecule has 1 aliphatic carbocycles. The Morgan fingerprint density at radius 2 is 2.00 bits per heavy atom. The number of anilines is 1. The molecule has 0 spiro atoms. The molecule has 1 aromatic rings. The molecular formula is C17H22ClN3O4. The summed E-state index contributed by atoms with van der Waals surface area (Å²) >= 11 is 5.77. The average Bonchev–Trinajstić information content (AvgIpc) is 2.57. The minimum Gasteiger partial charge on any atom is -0.452 e. The topological polar surface area (TPSA) is 111 Å². The van der Waals surface area contributed by atoms with Crippen LogP contribution in [0.25, 0.3) is 0 Å². The van der Waals surface area contributed by atoms with Crippen molar-refractivity contribution in [1.29, 1.82) is 0 Å². The molecule has 0 saturated heterocycles. The third kappa shape index (κ3) is 5.63. The fourth-order valence-corrected chi connectivity index (χ4v) is 2.90. The van der Waals surface area contributed by atoms with Crippen molar-refractivity contribution in [1.82, 2.24) is 10.6 Å². The highest BCUT2D eigenvalue weighted by atomic mass is 35.5. The first-order valence-electron chi connectivity index (χ1n) is 8.19. The van der Waals surface area contributed by atoms with Gasteiger partial charge in [0.15, 0.2) is 6.61 Å². The lowest BCUT2D eigenvalue weighted by atomic mass is 9.86. The van der Waals surface area contributed by atoms with E-state index in [1.807, 2.05) is 0 Å². The molecule has 0 aliphatic heterocycles. The number of amides is 3. The Bertz CT molecular complexity index is 665. The van der Waals surface area contributed by atoms with Crippen LogP contribution in [-0.2, 0) is 9.53 Å². The van der Waals surface area contributed by atoms with Crippen LogP contribution in [-0.4, -0.2) is 30.6 Å². The van der Waals surface area contributed by atoms with Crippen molar-refractivity contribution in [2.24, 2.45) is 5.92 Å². The van der Waals surface area contributed by atoms with Crippen LogP contribution in [0, 0.1) is 5.92 Å².